The predicted octanol–water partition coefficient (Wildman–Crippen LogP) is 5.22. The summed E-state index contributed by atoms with van der Waals surface area (Å²) in [6.45, 7) is 5.23. The van der Waals surface area contributed by atoms with Crippen LogP contribution in [0.2, 0.25) is 0 Å². The van der Waals surface area contributed by atoms with E-state index in [-0.39, 0.29) is 15.6 Å². The number of sulfone groups is 1. The average molecular weight is 473 g/mol. The molecule has 6 nitrogen and oxygen atoms in total. The average Bonchev–Trinajstić information content (AvgIpc) is 2.85. The van der Waals surface area contributed by atoms with Crippen molar-refractivity contribution in [2.75, 3.05) is 10.6 Å². The molecule has 0 atom stereocenters. The van der Waals surface area contributed by atoms with E-state index in [1.54, 1.807) is 12.1 Å². The molecule has 7 heteroatoms. The molecule has 174 valence electrons. The van der Waals surface area contributed by atoms with Gasteiger partial charge in [-0.15, -0.1) is 0 Å². The number of benzene rings is 3. The summed E-state index contributed by atoms with van der Waals surface area (Å²) < 4.78 is 26.5. The van der Waals surface area contributed by atoms with Crippen molar-refractivity contribution < 1.29 is 8.42 Å². The van der Waals surface area contributed by atoms with Crippen molar-refractivity contribution >= 4 is 21.6 Å². The highest BCUT2D eigenvalue weighted by atomic mass is 32.2. The van der Waals surface area contributed by atoms with Gasteiger partial charge in [-0.1, -0.05) is 86.6 Å². The van der Waals surface area contributed by atoms with Gasteiger partial charge in [-0.25, -0.2) is 13.4 Å². The van der Waals surface area contributed by atoms with E-state index in [1.807, 2.05) is 77.7 Å². The minimum atomic E-state index is -3.84. The van der Waals surface area contributed by atoms with Crippen molar-refractivity contribution in [3.8, 4) is 0 Å². The molecule has 2 N–H and O–H groups in total. The zero-order valence-electron chi connectivity index (χ0n) is 19.3. The van der Waals surface area contributed by atoms with Crippen LogP contribution in [0.4, 0.5) is 11.8 Å². The van der Waals surface area contributed by atoms with Crippen molar-refractivity contribution in [3.63, 3.8) is 0 Å². The van der Waals surface area contributed by atoms with Crippen molar-refractivity contribution in [3.05, 3.63) is 108 Å². The van der Waals surface area contributed by atoms with Crippen LogP contribution in [-0.4, -0.2) is 18.4 Å². The standard InChI is InChI=1S/C27H28N4O2S/c1-20(2)23-13-15-24(16-14-23)34(32,33)25-17-29-27(30-26(25)28)31(18-21-9-5-3-6-10-21)19-22-11-7-4-8-12-22/h3-17,20H,18-19H2,1-2H3,(H2,28,29,30). The molecule has 0 saturated carbocycles. The number of nitrogen functional groups attached to an aromatic ring is 1. The number of anilines is 2. The first-order valence-electron chi connectivity index (χ1n) is 11.1. The highest BCUT2D eigenvalue weighted by molar-refractivity contribution is 7.91. The summed E-state index contributed by atoms with van der Waals surface area (Å²) >= 11 is 0. The van der Waals surface area contributed by atoms with Gasteiger partial charge in [0.1, 0.15) is 10.7 Å². The van der Waals surface area contributed by atoms with Crippen LogP contribution >= 0.6 is 0 Å². The fourth-order valence-electron chi connectivity index (χ4n) is 3.70. The molecule has 4 aromatic rings. The summed E-state index contributed by atoms with van der Waals surface area (Å²) in [5, 5.41) is 0. The van der Waals surface area contributed by atoms with Gasteiger partial charge in [0.15, 0.2) is 0 Å². The second-order valence-corrected chi connectivity index (χ2v) is 10.4. The van der Waals surface area contributed by atoms with Gasteiger partial charge in [0.05, 0.1) is 11.1 Å². The van der Waals surface area contributed by atoms with Crippen LogP contribution in [0.3, 0.4) is 0 Å². The number of hydrogen-bond acceptors (Lipinski definition) is 6. The number of nitrogens with zero attached hydrogens (tertiary/aromatic N) is 3. The van der Waals surface area contributed by atoms with E-state index in [0.717, 1.165) is 16.7 Å². The molecular weight excluding hydrogens is 444 g/mol. The lowest BCUT2D eigenvalue weighted by atomic mass is 10.0. The summed E-state index contributed by atoms with van der Waals surface area (Å²) in [5.41, 5.74) is 9.43. The Kier molecular flexibility index (Phi) is 6.93. The number of rotatable bonds is 8. The Bertz CT molecular complexity index is 1300. The van der Waals surface area contributed by atoms with Crippen molar-refractivity contribution in [1.29, 1.82) is 0 Å². The molecule has 1 heterocycles. The minimum Gasteiger partial charge on any atom is -0.382 e. The molecule has 0 spiro atoms. The second-order valence-electron chi connectivity index (χ2n) is 8.47. The number of hydrogen-bond donors (Lipinski definition) is 1. The van der Waals surface area contributed by atoms with E-state index in [1.165, 1.54) is 6.20 Å². The van der Waals surface area contributed by atoms with Crippen LogP contribution in [0.15, 0.2) is 101 Å². The molecule has 0 bridgehead atoms. The number of nitrogens with two attached hydrogens (primary N) is 1. The van der Waals surface area contributed by atoms with E-state index in [4.69, 9.17) is 5.73 Å². The molecule has 0 amide bonds. The van der Waals surface area contributed by atoms with Gasteiger partial charge in [-0.2, -0.15) is 4.98 Å². The fourth-order valence-corrected chi connectivity index (χ4v) is 4.96. The second kappa shape index (κ2) is 10.1. The molecule has 34 heavy (non-hydrogen) atoms. The van der Waals surface area contributed by atoms with Crippen molar-refractivity contribution in [2.24, 2.45) is 0 Å². The lowest BCUT2D eigenvalue weighted by molar-refractivity contribution is 0.595. The summed E-state index contributed by atoms with van der Waals surface area (Å²) in [4.78, 5) is 10.9. The molecule has 0 aliphatic carbocycles. The van der Waals surface area contributed by atoms with Crippen LogP contribution < -0.4 is 10.6 Å². The van der Waals surface area contributed by atoms with Gasteiger partial charge in [-0.3, -0.25) is 0 Å². The van der Waals surface area contributed by atoms with Gasteiger partial charge in [-0.05, 0) is 34.7 Å². The van der Waals surface area contributed by atoms with E-state index >= 15 is 0 Å². The van der Waals surface area contributed by atoms with Crippen LogP contribution in [0.1, 0.15) is 36.5 Å². The first kappa shape index (κ1) is 23.4. The molecule has 0 aliphatic rings. The highest BCUT2D eigenvalue weighted by Gasteiger charge is 2.24. The maximum Gasteiger partial charge on any atom is 0.227 e. The molecule has 1 aromatic heterocycles. The molecule has 0 radical (unpaired) electrons. The summed E-state index contributed by atoms with van der Waals surface area (Å²) in [6.07, 6.45) is 1.31. The molecule has 3 aromatic carbocycles. The van der Waals surface area contributed by atoms with Gasteiger partial charge in [0.2, 0.25) is 15.8 Å². The summed E-state index contributed by atoms with van der Waals surface area (Å²) in [6, 6.07) is 26.8. The van der Waals surface area contributed by atoms with Gasteiger partial charge >= 0.3 is 0 Å². The summed E-state index contributed by atoms with van der Waals surface area (Å²) in [5.74, 6) is 0.619. The van der Waals surface area contributed by atoms with Crippen LogP contribution in [0, 0.1) is 0 Å². The normalized spacial score (nSPS) is 11.5. The molecule has 0 unspecified atom stereocenters. The zero-order chi connectivity index (χ0) is 24.1. The van der Waals surface area contributed by atoms with Crippen LogP contribution in [0.5, 0.6) is 0 Å². The Morgan fingerprint density at radius 3 is 1.82 bits per heavy atom. The maximum absolute atomic E-state index is 13.2. The first-order chi connectivity index (χ1) is 16.3. The Labute approximate surface area is 201 Å². The van der Waals surface area contributed by atoms with Crippen LogP contribution in [-0.2, 0) is 22.9 Å². The first-order valence-corrected chi connectivity index (χ1v) is 12.6. The van der Waals surface area contributed by atoms with E-state index in [9.17, 15) is 8.42 Å². The predicted molar refractivity (Wildman–Crippen MR) is 135 cm³/mol. The quantitative estimate of drug-likeness (QED) is 0.378. The van der Waals surface area contributed by atoms with Gasteiger partial charge in [0.25, 0.3) is 0 Å². The lowest BCUT2D eigenvalue weighted by Gasteiger charge is -2.23. The van der Waals surface area contributed by atoms with Crippen molar-refractivity contribution in [1.82, 2.24) is 9.97 Å². The lowest BCUT2D eigenvalue weighted by Crippen LogP contribution is -2.25. The zero-order valence-corrected chi connectivity index (χ0v) is 20.1. The SMILES string of the molecule is CC(C)c1ccc(S(=O)(=O)c2cnc(N(Cc3ccccc3)Cc3ccccc3)nc2N)cc1. The molecule has 0 fully saturated rings. The molecule has 0 aliphatic heterocycles. The Balaban J connectivity index is 1.66. The highest BCUT2D eigenvalue weighted by Crippen LogP contribution is 2.27. The largest absolute Gasteiger partial charge is 0.382 e. The number of aromatic nitrogens is 2. The third-order valence-corrected chi connectivity index (χ3v) is 7.42. The topological polar surface area (TPSA) is 89.2 Å². The third-order valence-electron chi connectivity index (χ3n) is 5.63. The van der Waals surface area contributed by atoms with Crippen LogP contribution in [0.25, 0.3) is 0 Å². The Morgan fingerprint density at radius 2 is 1.35 bits per heavy atom. The maximum atomic E-state index is 13.2. The monoisotopic (exact) mass is 472 g/mol. The fraction of sp³-hybridized carbons (Fsp3) is 0.185. The summed E-state index contributed by atoms with van der Waals surface area (Å²) in [7, 11) is -3.84. The Morgan fingerprint density at radius 1 is 0.824 bits per heavy atom. The van der Waals surface area contributed by atoms with Crippen molar-refractivity contribution in [2.45, 2.75) is 42.6 Å². The molecule has 4 rings (SSSR count). The van der Waals surface area contributed by atoms with E-state index in [0.29, 0.717) is 25.0 Å². The van der Waals surface area contributed by atoms with Gasteiger partial charge in [0, 0.05) is 13.1 Å². The van der Waals surface area contributed by atoms with Gasteiger partial charge < -0.3 is 10.6 Å². The smallest absolute Gasteiger partial charge is 0.227 e. The minimum absolute atomic E-state index is 0.0657. The van der Waals surface area contributed by atoms with E-state index < -0.39 is 9.84 Å². The molecular formula is C27H28N4O2S. The van der Waals surface area contributed by atoms with E-state index in [2.05, 4.69) is 23.8 Å². The third kappa shape index (κ3) is 5.26. The Hall–Kier alpha value is -3.71. The molecule has 0 saturated heterocycles.